The molecule has 0 aromatic rings. The van der Waals surface area contributed by atoms with E-state index in [2.05, 4.69) is 5.32 Å². The fourth-order valence-electron chi connectivity index (χ4n) is 2.23. The van der Waals surface area contributed by atoms with E-state index in [1.165, 1.54) is 0 Å². The Hall–Kier alpha value is -0.750. The summed E-state index contributed by atoms with van der Waals surface area (Å²) in [6.07, 6.45) is 0.880. The fraction of sp³-hybridized carbons (Fsp3) is 0.818. The Kier molecular flexibility index (Phi) is 4.28. The minimum atomic E-state index is -0.0242. The SMILES string of the molecule is CC(=O)N1CCCN(C(=O)C2CSCN2)CC1. The molecule has 1 N–H and O–H groups in total. The number of amides is 2. The summed E-state index contributed by atoms with van der Waals surface area (Å²) in [6, 6.07) is -0.0242. The molecule has 2 saturated heterocycles. The van der Waals surface area contributed by atoms with Crippen LogP contribution in [0.15, 0.2) is 0 Å². The summed E-state index contributed by atoms with van der Waals surface area (Å²) in [5.74, 6) is 2.03. The first-order chi connectivity index (χ1) is 8.18. The zero-order chi connectivity index (χ0) is 12.3. The highest BCUT2D eigenvalue weighted by Crippen LogP contribution is 2.13. The molecule has 96 valence electrons. The molecule has 2 fully saturated rings. The van der Waals surface area contributed by atoms with E-state index >= 15 is 0 Å². The molecule has 2 aliphatic heterocycles. The molecule has 2 amide bonds. The maximum Gasteiger partial charge on any atom is 0.240 e. The second-order valence-corrected chi connectivity index (χ2v) is 5.49. The average Bonchev–Trinajstić information content (AvgIpc) is 2.71. The van der Waals surface area contributed by atoms with Gasteiger partial charge in [0, 0.05) is 44.7 Å². The van der Waals surface area contributed by atoms with Crippen molar-refractivity contribution >= 4 is 23.6 Å². The fourth-order valence-corrected chi connectivity index (χ4v) is 3.16. The minimum absolute atomic E-state index is 0.0242. The molecule has 2 rings (SSSR count). The highest BCUT2D eigenvalue weighted by atomic mass is 32.2. The number of rotatable bonds is 1. The van der Waals surface area contributed by atoms with Crippen LogP contribution in [0.1, 0.15) is 13.3 Å². The van der Waals surface area contributed by atoms with E-state index in [9.17, 15) is 9.59 Å². The maximum absolute atomic E-state index is 12.2. The van der Waals surface area contributed by atoms with Gasteiger partial charge >= 0.3 is 0 Å². The maximum atomic E-state index is 12.2. The highest BCUT2D eigenvalue weighted by Gasteiger charge is 2.28. The van der Waals surface area contributed by atoms with E-state index in [1.54, 1.807) is 18.7 Å². The molecule has 0 aliphatic carbocycles. The van der Waals surface area contributed by atoms with Gasteiger partial charge in [0.1, 0.15) is 0 Å². The van der Waals surface area contributed by atoms with E-state index in [0.717, 1.165) is 31.1 Å². The molecule has 0 saturated carbocycles. The monoisotopic (exact) mass is 257 g/mol. The molecular weight excluding hydrogens is 238 g/mol. The van der Waals surface area contributed by atoms with E-state index in [4.69, 9.17) is 0 Å². The lowest BCUT2D eigenvalue weighted by Gasteiger charge is -2.24. The van der Waals surface area contributed by atoms with Gasteiger partial charge in [-0.25, -0.2) is 0 Å². The smallest absolute Gasteiger partial charge is 0.240 e. The van der Waals surface area contributed by atoms with Crippen molar-refractivity contribution in [2.45, 2.75) is 19.4 Å². The molecule has 17 heavy (non-hydrogen) atoms. The Labute approximate surface area is 106 Å². The van der Waals surface area contributed by atoms with Crippen LogP contribution in [-0.4, -0.2) is 65.5 Å². The predicted molar refractivity (Wildman–Crippen MR) is 67.7 cm³/mol. The van der Waals surface area contributed by atoms with Crippen molar-refractivity contribution in [2.24, 2.45) is 0 Å². The molecule has 0 bridgehead atoms. The lowest BCUT2D eigenvalue weighted by atomic mass is 10.2. The molecule has 0 spiro atoms. The van der Waals surface area contributed by atoms with Crippen molar-refractivity contribution in [3.05, 3.63) is 0 Å². The van der Waals surface area contributed by atoms with Crippen LogP contribution in [0.4, 0.5) is 0 Å². The van der Waals surface area contributed by atoms with Crippen LogP contribution >= 0.6 is 11.8 Å². The van der Waals surface area contributed by atoms with Gasteiger partial charge in [-0.1, -0.05) is 0 Å². The Bertz CT molecular complexity index is 305. The molecule has 0 aromatic heterocycles. The molecule has 1 unspecified atom stereocenters. The summed E-state index contributed by atoms with van der Waals surface area (Å²) in [4.78, 5) is 27.2. The van der Waals surface area contributed by atoms with Crippen LogP contribution in [0.3, 0.4) is 0 Å². The van der Waals surface area contributed by atoms with Gasteiger partial charge in [-0.15, -0.1) is 11.8 Å². The van der Waals surface area contributed by atoms with Crippen molar-refractivity contribution < 1.29 is 9.59 Å². The standard InChI is InChI=1S/C11H19N3O2S/c1-9(15)13-3-2-4-14(6-5-13)11(16)10-7-17-8-12-10/h10,12H,2-8H2,1H3. The van der Waals surface area contributed by atoms with E-state index in [1.807, 2.05) is 9.80 Å². The lowest BCUT2D eigenvalue weighted by molar-refractivity contribution is -0.133. The van der Waals surface area contributed by atoms with Gasteiger partial charge in [0.25, 0.3) is 0 Å². The van der Waals surface area contributed by atoms with Crippen LogP contribution in [0.2, 0.25) is 0 Å². The van der Waals surface area contributed by atoms with Crippen LogP contribution in [0.25, 0.3) is 0 Å². The molecule has 2 heterocycles. The first-order valence-electron chi connectivity index (χ1n) is 6.04. The van der Waals surface area contributed by atoms with Gasteiger partial charge in [0.05, 0.1) is 6.04 Å². The third-order valence-corrected chi connectivity index (χ3v) is 4.21. The number of nitrogens with zero attached hydrogens (tertiary/aromatic N) is 2. The second-order valence-electron chi connectivity index (χ2n) is 4.46. The van der Waals surface area contributed by atoms with Crippen LogP contribution in [0.5, 0.6) is 0 Å². The first-order valence-corrected chi connectivity index (χ1v) is 7.19. The van der Waals surface area contributed by atoms with E-state index in [-0.39, 0.29) is 17.9 Å². The number of hydrogen-bond acceptors (Lipinski definition) is 4. The molecule has 2 aliphatic rings. The first kappa shape index (κ1) is 12.7. The topological polar surface area (TPSA) is 52.7 Å². The summed E-state index contributed by atoms with van der Waals surface area (Å²) in [6.45, 7) is 4.46. The van der Waals surface area contributed by atoms with Crippen molar-refractivity contribution in [1.82, 2.24) is 15.1 Å². The van der Waals surface area contributed by atoms with E-state index in [0.29, 0.717) is 13.1 Å². The Morgan fingerprint density at radius 1 is 1.18 bits per heavy atom. The zero-order valence-corrected chi connectivity index (χ0v) is 11.0. The molecule has 5 nitrogen and oxygen atoms in total. The highest BCUT2D eigenvalue weighted by molar-refractivity contribution is 7.99. The minimum Gasteiger partial charge on any atom is -0.341 e. The van der Waals surface area contributed by atoms with Gasteiger partial charge in [0.2, 0.25) is 11.8 Å². The Balaban J connectivity index is 1.89. The summed E-state index contributed by atoms with van der Waals surface area (Å²) in [7, 11) is 0. The van der Waals surface area contributed by atoms with Crippen LogP contribution < -0.4 is 5.32 Å². The van der Waals surface area contributed by atoms with Crippen molar-refractivity contribution in [3.63, 3.8) is 0 Å². The normalized spacial score (nSPS) is 25.8. The largest absolute Gasteiger partial charge is 0.341 e. The Morgan fingerprint density at radius 3 is 2.53 bits per heavy atom. The molecular formula is C11H19N3O2S. The van der Waals surface area contributed by atoms with Gasteiger partial charge < -0.3 is 9.80 Å². The van der Waals surface area contributed by atoms with Gasteiger partial charge in [-0.05, 0) is 6.42 Å². The number of carbonyl (C=O) groups excluding carboxylic acids is 2. The molecule has 0 aromatic carbocycles. The van der Waals surface area contributed by atoms with Gasteiger partial charge in [-0.3, -0.25) is 14.9 Å². The lowest BCUT2D eigenvalue weighted by Crippen LogP contribution is -2.46. The van der Waals surface area contributed by atoms with E-state index < -0.39 is 0 Å². The summed E-state index contributed by atoms with van der Waals surface area (Å²) >= 11 is 1.76. The van der Waals surface area contributed by atoms with Crippen molar-refractivity contribution in [1.29, 1.82) is 0 Å². The van der Waals surface area contributed by atoms with Gasteiger partial charge in [-0.2, -0.15) is 0 Å². The Morgan fingerprint density at radius 2 is 1.88 bits per heavy atom. The zero-order valence-electron chi connectivity index (χ0n) is 10.1. The number of thioether (sulfide) groups is 1. The summed E-state index contributed by atoms with van der Waals surface area (Å²) in [5, 5.41) is 3.20. The summed E-state index contributed by atoms with van der Waals surface area (Å²) in [5.41, 5.74) is 0. The molecule has 1 atom stereocenters. The average molecular weight is 257 g/mol. The predicted octanol–water partition coefficient (Wildman–Crippen LogP) is -0.270. The van der Waals surface area contributed by atoms with Crippen LogP contribution in [0, 0.1) is 0 Å². The molecule has 6 heteroatoms. The van der Waals surface area contributed by atoms with Crippen molar-refractivity contribution in [2.75, 3.05) is 37.8 Å². The third-order valence-electron chi connectivity index (χ3n) is 3.27. The number of nitrogens with one attached hydrogen (secondary N) is 1. The summed E-state index contributed by atoms with van der Waals surface area (Å²) < 4.78 is 0. The van der Waals surface area contributed by atoms with Gasteiger partial charge in [0.15, 0.2) is 0 Å². The van der Waals surface area contributed by atoms with Crippen molar-refractivity contribution in [3.8, 4) is 0 Å². The third kappa shape index (κ3) is 3.13. The second kappa shape index (κ2) is 5.73. The molecule has 0 radical (unpaired) electrons. The quantitative estimate of drug-likeness (QED) is 0.702. The van der Waals surface area contributed by atoms with Crippen LogP contribution in [-0.2, 0) is 9.59 Å². The number of hydrogen-bond donors (Lipinski definition) is 1. The number of carbonyl (C=O) groups is 2.